The number of rotatable bonds is 5. The van der Waals surface area contributed by atoms with E-state index in [0.717, 1.165) is 5.56 Å². The number of aliphatic hydroxyl groups is 1. The molecule has 0 aliphatic rings. The van der Waals surface area contributed by atoms with Crippen molar-refractivity contribution in [3.8, 4) is 11.5 Å². The first kappa shape index (κ1) is 15.6. The SMILES string of the molecule is COc1ccc(CC(O)c2ccc(Cl)c(F)c2)cc1OC. The second-order valence-corrected chi connectivity index (χ2v) is 4.99. The summed E-state index contributed by atoms with van der Waals surface area (Å²) in [5.41, 5.74) is 1.34. The van der Waals surface area contributed by atoms with Crippen LogP contribution in [-0.2, 0) is 6.42 Å². The van der Waals surface area contributed by atoms with Crippen molar-refractivity contribution in [2.45, 2.75) is 12.5 Å². The summed E-state index contributed by atoms with van der Waals surface area (Å²) >= 11 is 5.63. The molecule has 2 aromatic carbocycles. The molecule has 1 N–H and O–H groups in total. The number of halogens is 2. The number of ether oxygens (including phenoxy) is 2. The van der Waals surface area contributed by atoms with Gasteiger partial charge in [0, 0.05) is 6.42 Å². The van der Waals surface area contributed by atoms with Gasteiger partial charge in [-0.15, -0.1) is 0 Å². The Morgan fingerprint density at radius 2 is 1.81 bits per heavy atom. The third-order valence-corrected chi connectivity index (χ3v) is 3.51. The van der Waals surface area contributed by atoms with E-state index in [1.165, 1.54) is 12.1 Å². The minimum Gasteiger partial charge on any atom is -0.493 e. The zero-order chi connectivity index (χ0) is 15.4. The summed E-state index contributed by atoms with van der Waals surface area (Å²) in [5.74, 6) is 0.665. The van der Waals surface area contributed by atoms with Crippen molar-refractivity contribution in [2.75, 3.05) is 14.2 Å². The Balaban J connectivity index is 2.18. The Bertz CT molecular complexity index is 631. The van der Waals surface area contributed by atoms with Crippen LogP contribution in [0.1, 0.15) is 17.2 Å². The molecule has 0 saturated heterocycles. The Morgan fingerprint density at radius 1 is 1.10 bits per heavy atom. The van der Waals surface area contributed by atoms with Crippen LogP contribution in [0.15, 0.2) is 36.4 Å². The Hall–Kier alpha value is -1.78. The highest BCUT2D eigenvalue weighted by Gasteiger charge is 2.13. The van der Waals surface area contributed by atoms with Crippen LogP contribution in [0.2, 0.25) is 5.02 Å². The van der Waals surface area contributed by atoms with Gasteiger partial charge in [0.25, 0.3) is 0 Å². The number of aliphatic hydroxyl groups excluding tert-OH is 1. The van der Waals surface area contributed by atoms with Gasteiger partial charge in [-0.3, -0.25) is 0 Å². The first-order valence-corrected chi connectivity index (χ1v) is 6.77. The third-order valence-electron chi connectivity index (χ3n) is 3.21. The molecule has 21 heavy (non-hydrogen) atoms. The highest BCUT2D eigenvalue weighted by molar-refractivity contribution is 6.30. The van der Waals surface area contributed by atoms with Gasteiger partial charge in [0.1, 0.15) is 5.82 Å². The average molecular weight is 311 g/mol. The lowest BCUT2D eigenvalue weighted by Gasteiger charge is -2.14. The first-order chi connectivity index (χ1) is 10.0. The fraction of sp³-hybridized carbons (Fsp3) is 0.250. The summed E-state index contributed by atoms with van der Waals surface area (Å²) in [5, 5.41) is 10.2. The van der Waals surface area contributed by atoms with Gasteiger partial charge in [-0.25, -0.2) is 4.39 Å². The molecule has 3 nitrogen and oxygen atoms in total. The summed E-state index contributed by atoms with van der Waals surface area (Å²) in [7, 11) is 3.11. The molecule has 1 atom stereocenters. The predicted molar refractivity (Wildman–Crippen MR) is 79.6 cm³/mol. The van der Waals surface area contributed by atoms with Gasteiger partial charge >= 0.3 is 0 Å². The van der Waals surface area contributed by atoms with E-state index in [0.29, 0.717) is 23.5 Å². The van der Waals surface area contributed by atoms with Crippen molar-refractivity contribution >= 4 is 11.6 Å². The summed E-state index contributed by atoms with van der Waals surface area (Å²) in [4.78, 5) is 0. The normalized spacial score (nSPS) is 12.0. The molecule has 0 spiro atoms. The summed E-state index contributed by atoms with van der Waals surface area (Å²) in [6.07, 6.45) is -0.489. The number of benzene rings is 2. The predicted octanol–water partition coefficient (Wildman–Crippen LogP) is 3.77. The molecule has 0 saturated carbocycles. The molecule has 0 bridgehead atoms. The molecule has 0 aliphatic heterocycles. The monoisotopic (exact) mass is 310 g/mol. The lowest BCUT2D eigenvalue weighted by atomic mass is 10.0. The van der Waals surface area contributed by atoms with Crippen molar-refractivity contribution in [1.82, 2.24) is 0 Å². The van der Waals surface area contributed by atoms with E-state index < -0.39 is 11.9 Å². The van der Waals surface area contributed by atoms with E-state index in [1.807, 2.05) is 6.07 Å². The minimum absolute atomic E-state index is 0.0390. The fourth-order valence-electron chi connectivity index (χ4n) is 2.07. The lowest BCUT2D eigenvalue weighted by molar-refractivity contribution is 0.178. The smallest absolute Gasteiger partial charge is 0.160 e. The fourth-order valence-corrected chi connectivity index (χ4v) is 2.19. The number of methoxy groups -OCH3 is 2. The van der Waals surface area contributed by atoms with Crippen LogP contribution in [0.4, 0.5) is 4.39 Å². The third kappa shape index (κ3) is 3.65. The molecule has 112 valence electrons. The molecule has 2 aromatic rings. The Morgan fingerprint density at radius 3 is 2.43 bits per heavy atom. The maximum Gasteiger partial charge on any atom is 0.160 e. The van der Waals surface area contributed by atoms with Crippen molar-refractivity contribution in [3.63, 3.8) is 0 Å². The van der Waals surface area contributed by atoms with Crippen LogP contribution in [0.3, 0.4) is 0 Å². The Labute approximate surface area is 127 Å². The highest BCUT2D eigenvalue weighted by Crippen LogP contribution is 2.30. The van der Waals surface area contributed by atoms with Crippen LogP contribution in [0, 0.1) is 5.82 Å². The van der Waals surface area contributed by atoms with E-state index in [-0.39, 0.29) is 5.02 Å². The van der Waals surface area contributed by atoms with Crippen molar-refractivity contribution in [1.29, 1.82) is 0 Å². The van der Waals surface area contributed by atoms with Gasteiger partial charge < -0.3 is 14.6 Å². The molecule has 0 radical (unpaired) electrons. The molecular formula is C16H16ClFO3. The van der Waals surface area contributed by atoms with Crippen LogP contribution in [-0.4, -0.2) is 19.3 Å². The molecule has 0 fully saturated rings. The lowest BCUT2D eigenvalue weighted by Crippen LogP contribution is -2.03. The Kier molecular flexibility index (Phi) is 5.04. The number of hydrogen-bond donors (Lipinski definition) is 1. The quantitative estimate of drug-likeness (QED) is 0.913. The maximum absolute atomic E-state index is 13.4. The van der Waals surface area contributed by atoms with E-state index >= 15 is 0 Å². The summed E-state index contributed by atoms with van der Waals surface area (Å²) < 4.78 is 23.8. The van der Waals surface area contributed by atoms with E-state index in [2.05, 4.69) is 0 Å². The largest absolute Gasteiger partial charge is 0.493 e. The average Bonchev–Trinajstić information content (AvgIpc) is 2.49. The molecule has 0 aromatic heterocycles. The topological polar surface area (TPSA) is 38.7 Å². The maximum atomic E-state index is 13.4. The van der Waals surface area contributed by atoms with E-state index in [1.54, 1.807) is 32.4 Å². The van der Waals surface area contributed by atoms with Gasteiger partial charge in [0.05, 0.1) is 25.3 Å². The van der Waals surface area contributed by atoms with Crippen LogP contribution >= 0.6 is 11.6 Å². The van der Waals surface area contributed by atoms with Crippen molar-refractivity contribution < 1.29 is 19.0 Å². The van der Waals surface area contributed by atoms with Crippen LogP contribution < -0.4 is 9.47 Å². The summed E-state index contributed by atoms with van der Waals surface area (Å²) in [6, 6.07) is 9.67. The van der Waals surface area contributed by atoms with Gasteiger partial charge in [0.2, 0.25) is 0 Å². The minimum atomic E-state index is -0.824. The molecule has 5 heteroatoms. The highest BCUT2D eigenvalue weighted by atomic mass is 35.5. The van der Waals surface area contributed by atoms with Gasteiger partial charge in [-0.1, -0.05) is 23.7 Å². The second kappa shape index (κ2) is 6.78. The first-order valence-electron chi connectivity index (χ1n) is 6.39. The number of hydrogen-bond acceptors (Lipinski definition) is 3. The molecular weight excluding hydrogens is 295 g/mol. The molecule has 1 unspecified atom stereocenters. The zero-order valence-corrected chi connectivity index (χ0v) is 12.5. The summed E-state index contributed by atoms with van der Waals surface area (Å²) in [6.45, 7) is 0. The van der Waals surface area contributed by atoms with Crippen molar-refractivity contribution in [2.24, 2.45) is 0 Å². The van der Waals surface area contributed by atoms with E-state index in [4.69, 9.17) is 21.1 Å². The van der Waals surface area contributed by atoms with Gasteiger partial charge in [0.15, 0.2) is 11.5 Å². The van der Waals surface area contributed by atoms with Gasteiger partial charge in [-0.2, -0.15) is 0 Å². The molecule has 2 rings (SSSR count). The van der Waals surface area contributed by atoms with Crippen molar-refractivity contribution in [3.05, 3.63) is 58.4 Å². The van der Waals surface area contributed by atoms with Crippen LogP contribution in [0.25, 0.3) is 0 Å². The van der Waals surface area contributed by atoms with Gasteiger partial charge in [-0.05, 0) is 35.4 Å². The van der Waals surface area contributed by atoms with E-state index in [9.17, 15) is 9.50 Å². The molecule has 0 amide bonds. The zero-order valence-electron chi connectivity index (χ0n) is 11.8. The standard InChI is InChI=1S/C16H16ClFO3/c1-20-15-6-3-10(8-16(15)21-2)7-14(19)11-4-5-12(17)13(18)9-11/h3-6,8-9,14,19H,7H2,1-2H3. The second-order valence-electron chi connectivity index (χ2n) is 4.58. The molecule has 0 heterocycles. The van der Waals surface area contributed by atoms with Crippen LogP contribution in [0.5, 0.6) is 11.5 Å². The molecule has 0 aliphatic carbocycles.